The van der Waals surface area contributed by atoms with E-state index in [1.165, 1.54) is 36.8 Å². The molecular weight excluding hydrogens is 314 g/mol. The topological polar surface area (TPSA) is 20.3 Å². The minimum absolute atomic E-state index is 0.235. The molecule has 0 aromatic heterocycles. The van der Waals surface area contributed by atoms with Gasteiger partial charge in [0, 0.05) is 24.0 Å². The van der Waals surface area contributed by atoms with E-state index in [-0.39, 0.29) is 5.91 Å². The zero-order chi connectivity index (χ0) is 13.9. The lowest BCUT2D eigenvalue weighted by Gasteiger charge is -2.32. The highest BCUT2D eigenvalue weighted by atomic mass is 79.9. The Labute approximate surface area is 129 Å². The Kier molecular flexibility index (Phi) is 4.45. The number of hydrogen-bond acceptors (Lipinski definition) is 1. The van der Waals surface area contributed by atoms with E-state index in [2.05, 4.69) is 33.0 Å². The predicted octanol–water partition coefficient (Wildman–Crippen LogP) is 3.81. The van der Waals surface area contributed by atoms with E-state index in [4.69, 9.17) is 0 Å². The first-order chi connectivity index (χ1) is 9.78. The van der Waals surface area contributed by atoms with Crippen molar-refractivity contribution in [1.29, 1.82) is 0 Å². The minimum Gasteiger partial charge on any atom is -0.338 e. The summed E-state index contributed by atoms with van der Waals surface area (Å²) in [5.41, 5.74) is 3.73. The number of amides is 1. The predicted molar refractivity (Wildman–Crippen MR) is 85.5 cm³/mol. The number of nitrogens with zero attached hydrogens (tertiary/aromatic N) is 1. The van der Waals surface area contributed by atoms with Crippen LogP contribution in [0, 0.1) is 5.92 Å². The minimum atomic E-state index is 0.235. The highest BCUT2D eigenvalue weighted by Crippen LogP contribution is 2.25. The number of benzene rings is 1. The molecule has 1 aliphatic carbocycles. The molecule has 3 heteroatoms. The number of aryl methyl sites for hydroxylation is 2. The molecule has 0 spiro atoms. The van der Waals surface area contributed by atoms with Crippen LogP contribution in [0.15, 0.2) is 18.2 Å². The van der Waals surface area contributed by atoms with Gasteiger partial charge in [0.05, 0.1) is 0 Å². The number of carbonyl (C=O) groups is 1. The molecule has 0 bridgehead atoms. The number of piperidine rings is 1. The van der Waals surface area contributed by atoms with Gasteiger partial charge >= 0.3 is 0 Å². The van der Waals surface area contributed by atoms with Crippen molar-refractivity contribution in [3.05, 3.63) is 34.9 Å². The van der Waals surface area contributed by atoms with Gasteiger partial charge in [0.25, 0.3) is 5.91 Å². The van der Waals surface area contributed by atoms with Crippen LogP contribution in [-0.4, -0.2) is 29.2 Å². The van der Waals surface area contributed by atoms with Crippen LogP contribution in [-0.2, 0) is 12.8 Å². The van der Waals surface area contributed by atoms with Crippen LogP contribution in [0.3, 0.4) is 0 Å². The standard InChI is InChI=1S/C17H22BrNO/c18-9-8-13-3-2-10-19(12-13)17(20)16-7-6-14-4-1-5-15(14)11-16/h6-7,11,13H,1-5,8-10,12H2. The fraction of sp³-hybridized carbons (Fsp3) is 0.588. The first-order valence-corrected chi connectivity index (χ1v) is 8.87. The van der Waals surface area contributed by atoms with E-state index < -0.39 is 0 Å². The SMILES string of the molecule is O=C(c1ccc2c(c1)CCC2)N1CCCC(CCBr)C1. The van der Waals surface area contributed by atoms with Gasteiger partial charge in [-0.25, -0.2) is 0 Å². The number of carbonyl (C=O) groups excluding carboxylic acids is 1. The molecule has 0 N–H and O–H groups in total. The Morgan fingerprint density at radius 3 is 2.95 bits per heavy atom. The molecule has 1 atom stereocenters. The van der Waals surface area contributed by atoms with E-state index in [1.807, 2.05) is 6.07 Å². The lowest BCUT2D eigenvalue weighted by Crippen LogP contribution is -2.40. The van der Waals surface area contributed by atoms with Gasteiger partial charge in [-0.3, -0.25) is 4.79 Å². The Hall–Kier alpha value is -0.830. The maximum atomic E-state index is 12.7. The number of fused-ring (bicyclic) bond motifs is 1. The van der Waals surface area contributed by atoms with E-state index in [0.717, 1.165) is 36.8 Å². The second-order valence-electron chi connectivity index (χ2n) is 6.07. The Morgan fingerprint density at radius 2 is 2.10 bits per heavy atom. The Balaban J connectivity index is 1.72. The molecule has 1 amide bonds. The quantitative estimate of drug-likeness (QED) is 0.769. The van der Waals surface area contributed by atoms with Crippen LogP contribution in [0.2, 0.25) is 0 Å². The largest absolute Gasteiger partial charge is 0.338 e. The fourth-order valence-electron chi connectivity index (χ4n) is 3.53. The first-order valence-electron chi connectivity index (χ1n) is 7.75. The second kappa shape index (κ2) is 6.30. The zero-order valence-electron chi connectivity index (χ0n) is 11.9. The molecule has 2 nitrogen and oxygen atoms in total. The van der Waals surface area contributed by atoms with Gasteiger partial charge in [0.1, 0.15) is 0 Å². The molecule has 1 saturated heterocycles. The third kappa shape index (κ3) is 2.93. The summed E-state index contributed by atoms with van der Waals surface area (Å²) in [6.07, 6.45) is 7.15. The van der Waals surface area contributed by atoms with Crippen LogP contribution >= 0.6 is 15.9 Å². The molecule has 20 heavy (non-hydrogen) atoms. The van der Waals surface area contributed by atoms with Crippen molar-refractivity contribution in [2.45, 2.75) is 38.5 Å². The summed E-state index contributed by atoms with van der Waals surface area (Å²) in [5.74, 6) is 0.903. The summed E-state index contributed by atoms with van der Waals surface area (Å²) in [7, 11) is 0. The van der Waals surface area contributed by atoms with E-state index in [9.17, 15) is 4.79 Å². The molecular formula is C17H22BrNO. The summed E-state index contributed by atoms with van der Waals surface area (Å²) in [6.45, 7) is 1.86. The summed E-state index contributed by atoms with van der Waals surface area (Å²) in [4.78, 5) is 14.7. The Morgan fingerprint density at radius 1 is 1.25 bits per heavy atom. The lowest BCUT2D eigenvalue weighted by atomic mass is 9.95. The van der Waals surface area contributed by atoms with Gasteiger partial charge in [-0.2, -0.15) is 0 Å². The van der Waals surface area contributed by atoms with E-state index in [0.29, 0.717) is 5.92 Å². The number of hydrogen-bond donors (Lipinski definition) is 0. The Bertz CT molecular complexity index is 498. The lowest BCUT2D eigenvalue weighted by molar-refractivity contribution is 0.0672. The number of alkyl halides is 1. The molecule has 1 aromatic rings. The van der Waals surface area contributed by atoms with Crippen molar-refractivity contribution in [3.63, 3.8) is 0 Å². The molecule has 2 aliphatic rings. The third-order valence-corrected chi connectivity index (χ3v) is 5.13. The van der Waals surface area contributed by atoms with Crippen LogP contribution in [0.25, 0.3) is 0 Å². The summed E-state index contributed by atoms with van der Waals surface area (Å²) < 4.78 is 0. The van der Waals surface area contributed by atoms with Crippen molar-refractivity contribution in [3.8, 4) is 0 Å². The van der Waals surface area contributed by atoms with Crippen LogP contribution in [0.1, 0.15) is 47.2 Å². The molecule has 0 radical (unpaired) electrons. The van der Waals surface area contributed by atoms with Crippen LogP contribution in [0.5, 0.6) is 0 Å². The molecule has 1 aromatic carbocycles. The van der Waals surface area contributed by atoms with Crippen LogP contribution < -0.4 is 0 Å². The van der Waals surface area contributed by atoms with Gasteiger partial charge in [-0.1, -0.05) is 22.0 Å². The highest BCUT2D eigenvalue weighted by molar-refractivity contribution is 9.09. The van der Waals surface area contributed by atoms with Gasteiger partial charge in [-0.15, -0.1) is 0 Å². The second-order valence-corrected chi connectivity index (χ2v) is 6.87. The number of rotatable bonds is 3. The van der Waals surface area contributed by atoms with E-state index >= 15 is 0 Å². The van der Waals surface area contributed by atoms with Crippen molar-refractivity contribution >= 4 is 21.8 Å². The molecule has 3 rings (SSSR count). The molecule has 1 unspecified atom stereocenters. The highest BCUT2D eigenvalue weighted by Gasteiger charge is 2.24. The summed E-state index contributed by atoms with van der Waals surface area (Å²) in [6, 6.07) is 6.33. The number of likely N-dealkylation sites (tertiary alicyclic amines) is 1. The van der Waals surface area contributed by atoms with Crippen molar-refractivity contribution in [1.82, 2.24) is 4.90 Å². The fourth-order valence-corrected chi connectivity index (χ4v) is 4.17. The van der Waals surface area contributed by atoms with Gasteiger partial charge in [0.15, 0.2) is 0 Å². The normalized spacial score (nSPS) is 21.9. The van der Waals surface area contributed by atoms with Crippen LogP contribution in [0.4, 0.5) is 0 Å². The number of halogens is 1. The average Bonchev–Trinajstić information content (AvgIpc) is 2.94. The molecule has 108 valence electrons. The molecule has 1 fully saturated rings. The molecule has 0 saturated carbocycles. The average molecular weight is 336 g/mol. The van der Waals surface area contributed by atoms with Gasteiger partial charge in [0.2, 0.25) is 0 Å². The zero-order valence-corrected chi connectivity index (χ0v) is 13.5. The molecule has 1 aliphatic heterocycles. The van der Waals surface area contributed by atoms with Crippen molar-refractivity contribution in [2.24, 2.45) is 5.92 Å². The van der Waals surface area contributed by atoms with E-state index in [1.54, 1.807) is 0 Å². The molecule has 1 heterocycles. The maximum absolute atomic E-state index is 12.7. The van der Waals surface area contributed by atoms with Gasteiger partial charge < -0.3 is 4.90 Å². The smallest absolute Gasteiger partial charge is 0.253 e. The first kappa shape index (κ1) is 14.1. The monoisotopic (exact) mass is 335 g/mol. The van der Waals surface area contributed by atoms with Crippen molar-refractivity contribution < 1.29 is 4.79 Å². The third-order valence-electron chi connectivity index (χ3n) is 4.67. The van der Waals surface area contributed by atoms with Gasteiger partial charge in [-0.05, 0) is 67.7 Å². The summed E-state index contributed by atoms with van der Waals surface area (Å²) >= 11 is 3.52. The maximum Gasteiger partial charge on any atom is 0.253 e. The van der Waals surface area contributed by atoms with Crippen molar-refractivity contribution in [2.75, 3.05) is 18.4 Å². The summed E-state index contributed by atoms with van der Waals surface area (Å²) in [5, 5.41) is 1.04.